The molecule has 6 nitrogen and oxygen atoms in total. The van der Waals surface area contributed by atoms with Gasteiger partial charge < -0.3 is 30.3 Å². The van der Waals surface area contributed by atoms with Gasteiger partial charge in [-0.3, -0.25) is 0 Å². The highest BCUT2D eigenvalue weighted by Gasteiger charge is 2.19. The molecule has 0 spiro atoms. The number of carboxylic acids is 2. The summed E-state index contributed by atoms with van der Waals surface area (Å²) in [6, 6.07) is -1.70. The van der Waals surface area contributed by atoms with Crippen LogP contribution in [0.4, 0.5) is 0 Å². The SMILES string of the molecule is CCOC(C(=O)[O-])C(N)C(=O)[O-]. The van der Waals surface area contributed by atoms with E-state index in [1.54, 1.807) is 0 Å². The quantitative estimate of drug-likeness (QED) is 0.458. The first kappa shape index (κ1) is 10.9. The minimum atomic E-state index is -1.70. The molecule has 0 radical (unpaired) electrons. The van der Waals surface area contributed by atoms with Crippen molar-refractivity contribution >= 4 is 11.9 Å². The van der Waals surface area contributed by atoms with Gasteiger partial charge >= 0.3 is 0 Å². The van der Waals surface area contributed by atoms with Crippen molar-refractivity contribution in [3.63, 3.8) is 0 Å². The van der Waals surface area contributed by atoms with Gasteiger partial charge in [-0.15, -0.1) is 0 Å². The fraction of sp³-hybridized carbons (Fsp3) is 0.667. The number of aliphatic carboxylic acids is 2. The Bertz CT molecular complexity index is 181. The van der Waals surface area contributed by atoms with E-state index in [2.05, 4.69) is 4.74 Å². The molecule has 0 aliphatic heterocycles. The van der Waals surface area contributed by atoms with Crippen LogP contribution in [0.25, 0.3) is 0 Å². The molecule has 0 heterocycles. The van der Waals surface area contributed by atoms with Crippen LogP contribution in [0.2, 0.25) is 0 Å². The van der Waals surface area contributed by atoms with Crippen molar-refractivity contribution in [1.29, 1.82) is 0 Å². The van der Waals surface area contributed by atoms with E-state index in [4.69, 9.17) is 5.73 Å². The summed E-state index contributed by atoms with van der Waals surface area (Å²) in [5.74, 6) is -3.34. The lowest BCUT2D eigenvalue weighted by Crippen LogP contribution is -2.56. The Hall–Kier alpha value is -1.14. The summed E-state index contributed by atoms with van der Waals surface area (Å²) in [6.45, 7) is 1.55. The summed E-state index contributed by atoms with van der Waals surface area (Å²) in [6.07, 6.45) is -1.65. The maximum Gasteiger partial charge on any atom is 0.117 e. The minimum absolute atomic E-state index is 0.0413. The summed E-state index contributed by atoms with van der Waals surface area (Å²) in [4.78, 5) is 20.3. The Morgan fingerprint density at radius 2 is 1.92 bits per heavy atom. The number of carbonyl (C=O) groups is 2. The Labute approximate surface area is 68.9 Å². The van der Waals surface area contributed by atoms with E-state index < -0.39 is 24.1 Å². The van der Waals surface area contributed by atoms with Gasteiger partial charge in [0.1, 0.15) is 6.10 Å². The molecule has 0 rings (SSSR count). The fourth-order valence-corrected chi connectivity index (χ4v) is 0.621. The minimum Gasteiger partial charge on any atom is -0.548 e. The Morgan fingerprint density at radius 3 is 2.17 bits per heavy atom. The maximum absolute atomic E-state index is 10.2. The van der Waals surface area contributed by atoms with Gasteiger partial charge in [-0.2, -0.15) is 0 Å². The molecule has 0 aromatic rings. The summed E-state index contributed by atoms with van der Waals surface area (Å²) < 4.78 is 4.52. The standard InChI is InChI=1S/C6H11NO5/c1-2-12-4(6(10)11)3(7)5(8)9/h3-4H,2,7H2,1H3,(H,8,9)(H,10,11)/p-2. The molecule has 0 fully saturated rings. The number of hydrogen-bond donors (Lipinski definition) is 1. The van der Waals surface area contributed by atoms with E-state index in [-0.39, 0.29) is 6.61 Å². The number of ether oxygens (including phenoxy) is 1. The van der Waals surface area contributed by atoms with Gasteiger partial charge in [0.25, 0.3) is 0 Å². The van der Waals surface area contributed by atoms with E-state index in [0.717, 1.165) is 0 Å². The Balaban J connectivity index is 4.28. The molecule has 0 amide bonds. The van der Waals surface area contributed by atoms with Crippen LogP contribution in [0, 0.1) is 0 Å². The van der Waals surface area contributed by atoms with E-state index in [1.807, 2.05) is 0 Å². The molecule has 0 aliphatic rings. The van der Waals surface area contributed by atoms with Gasteiger partial charge in [0, 0.05) is 6.61 Å². The lowest BCUT2D eigenvalue weighted by molar-refractivity contribution is -0.327. The molecule has 0 aliphatic carbocycles. The lowest BCUT2D eigenvalue weighted by atomic mass is 10.2. The second kappa shape index (κ2) is 4.68. The number of nitrogens with two attached hydrogens (primary N) is 1. The molecule has 2 N–H and O–H groups in total. The molecular weight excluding hydrogens is 166 g/mol. The number of carboxylic acid groups (broad SMARTS) is 2. The highest BCUT2D eigenvalue weighted by atomic mass is 16.5. The van der Waals surface area contributed by atoms with Gasteiger partial charge in [-0.25, -0.2) is 0 Å². The number of rotatable bonds is 5. The van der Waals surface area contributed by atoms with E-state index in [0.29, 0.717) is 0 Å². The second-order valence-electron chi connectivity index (χ2n) is 2.04. The number of carbonyl (C=O) groups excluding carboxylic acids is 2. The average Bonchev–Trinajstić information content (AvgIpc) is 1.98. The van der Waals surface area contributed by atoms with Crippen molar-refractivity contribution in [2.24, 2.45) is 5.73 Å². The van der Waals surface area contributed by atoms with Crippen molar-refractivity contribution in [3.8, 4) is 0 Å². The summed E-state index contributed by atoms with van der Waals surface area (Å²) in [5, 5.41) is 20.3. The topological polar surface area (TPSA) is 116 Å². The van der Waals surface area contributed by atoms with Gasteiger partial charge in [0.15, 0.2) is 0 Å². The first-order valence-electron chi connectivity index (χ1n) is 3.29. The van der Waals surface area contributed by atoms with Crippen LogP contribution in [0.15, 0.2) is 0 Å². The third-order valence-corrected chi connectivity index (χ3v) is 1.18. The van der Waals surface area contributed by atoms with Crippen LogP contribution in [-0.4, -0.2) is 30.7 Å². The molecule has 0 saturated heterocycles. The molecule has 70 valence electrons. The first-order chi connectivity index (χ1) is 5.50. The summed E-state index contributed by atoms with van der Waals surface area (Å²) >= 11 is 0. The van der Waals surface area contributed by atoms with E-state index in [9.17, 15) is 19.8 Å². The van der Waals surface area contributed by atoms with Crippen LogP contribution < -0.4 is 15.9 Å². The molecule has 0 aromatic heterocycles. The van der Waals surface area contributed by atoms with E-state index >= 15 is 0 Å². The predicted octanol–water partition coefficient (Wildman–Crippen LogP) is -3.78. The molecule has 0 bridgehead atoms. The molecule has 6 heteroatoms. The number of hydrogen-bond acceptors (Lipinski definition) is 6. The molecule has 2 atom stereocenters. The highest BCUT2D eigenvalue weighted by molar-refractivity contribution is 5.82. The Morgan fingerprint density at radius 1 is 1.42 bits per heavy atom. The lowest BCUT2D eigenvalue weighted by Gasteiger charge is -2.24. The van der Waals surface area contributed by atoms with Crippen molar-refractivity contribution < 1.29 is 24.5 Å². The largest absolute Gasteiger partial charge is 0.548 e. The molecule has 0 aromatic carbocycles. The third-order valence-electron chi connectivity index (χ3n) is 1.18. The van der Waals surface area contributed by atoms with Crippen LogP contribution >= 0.6 is 0 Å². The Kier molecular flexibility index (Phi) is 4.24. The van der Waals surface area contributed by atoms with Crippen molar-refractivity contribution in [2.75, 3.05) is 6.61 Å². The zero-order valence-electron chi connectivity index (χ0n) is 6.48. The van der Waals surface area contributed by atoms with Gasteiger partial charge in [0.2, 0.25) is 0 Å². The second-order valence-corrected chi connectivity index (χ2v) is 2.04. The maximum atomic E-state index is 10.2. The normalized spacial score (nSPS) is 15.2. The average molecular weight is 175 g/mol. The van der Waals surface area contributed by atoms with Gasteiger partial charge in [0.05, 0.1) is 18.0 Å². The fourth-order valence-electron chi connectivity index (χ4n) is 0.621. The van der Waals surface area contributed by atoms with E-state index in [1.165, 1.54) is 6.92 Å². The zero-order valence-corrected chi connectivity index (χ0v) is 6.48. The van der Waals surface area contributed by atoms with Crippen LogP contribution in [-0.2, 0) is 14.3 Å². The highest BCUT2D eigenvalue weighted by Crippen LogP contribution is 1.95. The molecular formula is C6H9NO5-2. The monoisotopic (exact) mass is 175 g/mol. The first-order valence-corrected chi connectivity index (χ1v) is 3.29. The molecule has 0 saturated carbocycles. The predicted molar refractivity (Wildman–Crippen MR) is 33.4 cm³/mol. The van der Waals surface area contributed by atoms with Gasteiger partial charge in [-0.1, -0.05) is 0 Å². The smallest absolute Gasteiger partial charge is 0.117 e. The van der Waals surface area contributed by atoms with Crippen LogP contribution in [0.5, 0.6) is 0 Å². The van der Waals surface area contributed by atoms with Gasteiger partial charge in [-0.05, 0) is 6.92 Å². The van der Waals surface area contributed by atoms with Crippen LogP contribution in [0.1, 0.15) is 6.92 Å². The molecule has 12 heavy (non-hydrogen) atoms. The zero-order chi connectivity index (χ0) is 9.72. The van der Waals surface area contributed by atoms with Crippen molar-refractivity contribution in [2.45, 2.75) is 19.1 Å². The molecule has 2 unspecified atom stereocenters. The van der Waals surface area contributed by atoms with Crippen molar-refractivity contribution in [1.82, 2.24) is 0 Å². The summed E-state index contributed by atoms with van der Waals surface area (Å²) in [7, 11) is 0. The van der Waals surface area contributed by atoms with Crippen LogP contribution in [0.3, 0.4) is 0 Å². The van der Waals surface area contributed by atoms with Crippen molar-refractivity contribution in [3.05, 3.63) is 0 Å². The third kappa shape index (κ3) is 2.85. The summed E-state index contributed by atoms with van der Waals surface area (Å²) in [5.41, 5.74) is 4.94.